The highest BCUT2D eigenvalue weighted by molar-refractivity contribution is 5.29. The third-order valence-corrected chi connectivity index (χ3v) is 3.49. The van der Waals surface area contributed by atoms with E-state index in [1.54, 1.807) is 0 Å². The number of ether oxygens (including phenoxy) is 1. The van der Waals surface area contributed by atoms with E-state index < -0.39 is 0 Å². The standard InChI is InChI=1S/C17H30N2O/c1-5-7-12-19(4)14-17(18-3)15-8-10-16(11-9-15)20-13-6-2/h8-11,17-18H,5-7,12-14H2,1-4H3. The molecule has 0 fully saturated rings. The summed E-state index contributed by atoms with van der Waals surface area (Å²) in [5.74, 6) is 0.963. The fraction of sp³-hybridized carbons (Fsp3) is 0.647. The Morgan fingerprint density at radius 3 is 2.40 bits per heavy atom. The molecule has 0 heterocycles. The minimum absolute atomic E-state index is 0.372. The highest BCUT2D eigenvalue weighted by Crippen LogP contribution is 2.18. The molecule has 0 saturated carbocycles. The summed E-state index contributed by atoms with van der Waals surface area (Å²) in [6, 6.07) is 8.85. The van der Waals surface area contributed by atoms with Crippen LogP contribution in [0.2, 0.25) is 0 Å². The summed E-state index contributed by atoms with van der Waals surface area (Å²) in [5, 5.41) is 3.41. The Bertz CT molecular complexity index is 351. The van der Waals surface area contributed by atoms with E-state index in [0.717, 1.165) is 31.9 Å². The minimum Gasteiger partial charge on any atom is -0.494 e. The van der Waals surface area contributed by atoms with Gasteiger partial charge in [-0.25, -0.2) is 0 Å². The van der Waals surface area contributed by atoms with Crippen LogP contribution in [-0.4, -0.2) is 38.7 Å². The summed E-state index contributed by atoms with van der Waals surface area (Å²) in [4.78, 5) is 2.40. The van der Waals surface area contributed by atoms with Gasteiger partial charge in [0.15, 0.2) is 0 Å². The van der Waals surface area contributed by atoms with Crippen LogP contribution in [0.4, 0.5) is 0 Å². The SMILES string of the molecule is CCCCN(C)CC(NC)c1ccc(OCCC)cc1. The molecule has 1 atom stereocenters. The molecular weight excluding hydrogens is 248 g/mol. The molecule has 20 heavy (non-hydrogen) atoms. The van der Waals surface area contributed by atoms with Crippen LogP contribution in [0.1, 0.15) is 44.7 Å². The molecule has 1 N–H and O–H groups in total. The fourth-order valence-electron chi connectivity index (χ4n) is 2.21. The second-order valence-corrected chi connectivity index (χ2v) is 5.37. The summed E-state index contributed by atoms with van der Waals surface area (Å²) in [7, 11) is 4.22. The smallest absolute Gasteiger partial charge is 0.119 e. The molecule has 1 unspecified atom stereocenters. The number of hydrogen-bond acceptors (Lipinski definition) is 3. The van der Waals surface area contributed by atoms with E-state index in [2.05, 4.69) is 55.4 Å². The summed E-state index contributed by atoms with van der Waals surface area (Å²) in [6.45, 7) is 7.34. The molecule has 0 amide bonds. The van der Waals surface area contributed by atoms with Crippen LogP contribution in [0.15, 0.2) is 24.3 Å². The van der Waals surface area contributed by atoms with Gasteiger partial charge < -0.3 is 15.0 Å². The molecular formula is C17H30N2O. The molecule has 0 aliphatic heterocycles. The Morgan fingerprint density at radius 1 is 1.15 bits per heavy atom. The van der Waals surface area contributed by atoms with Gasteiger partial charge in [-0.2, -0.15) is 0 Å². The zero-order chi connectivity index (χ0) is 14.8. The van der Waals surface area contributed by atoms with Crippen molar-refractivity contribution in [3.63, 3.8) is 0 Å². The van der Waals surface area contributed by atoms with Crippen LogP contribution in [0.5, 0.6) is 5.75 Å². The number of nitrogens with one attached hydrogen (secondary N) is 1. The number of benzene rings is 1. The molecule has 0 spiro atoms. The Labute approximate surface area is 124 Å². The second kappa shape index (κ2) is 9.78. The van der Waals surface area contributed by atoms with Crippen molar-refractivity contribution in [2.75, 3.05) is 33.8 Å². The molecule has 1 aromatic rings. The monoisotopic (exact) mass is 278 g/mol. The van der Waals surface area contributed by atoms with Crippen molar-refractivity contribution in [2.45, 2.75) is 39.2 Å². The zero-order valence-corrected chi connectivity index (χ0v) is 13.5. The van der Waals surface area contributed by atoms with Crippen LogP contribution in [0.3, 0.4) is 0 Å². The number of nitrogens with zero attached hydrogens (tertiary/aromatic N) is 1. The second-order valence-electron chi connectivity index (χ2n) is 5.37. The molecule has 1 rings (SSSR count). The van der Waals surface area contributed by atoms with Gasteiger partial charge in [0.05, 0.1) is 6.61 Å². The minimum atomic E-state index is 0.372. The average Bonchev–Trinajstić information content (AvgIpc) is 2.49. The summed E-state index contributed by atoms with van der Waals surface area (Å²) in [5.41, 5.74) is 1.32. The lowest BCUT2D eigenvalue weighted by Gasteiger charge is -2.24. The first-order valence-electron chi connectivity index (χ1n) is 7.79. The highest BCUT2D eigenvalue weighted by Gasteiger charge is 2.11. The first kappa shape index (κ1) is 17.0. The van der Waals surface area contributed by atoms with Crippen molar-refractivity contribution in [1.82, 2.24) is 10.2 Å². The van der Waals surface area contributed by atoms with Gasteiger partial charge in [-0.3, -0.25) is 0 Å². The molecule has 0 aromatic heterocycles. The maximum atomic E-state index is 5.63. The molecule has 0 aliphatic carbocycles. The van der Waals surface area contributed by atoms with E-state index in [-0.39, 0.29) is 0 Å². The van der Waals surface area contributed by atoms with E-state index in [9.17, 15) is 0 Å². The van der Waals surface area contributed by atoms with Crippen molar-refractivity contribution < 1.29 is 4.74 Å². The van der Waals surface area contributed by atoms with Crippen LogP contribution in [0, 0.1) is 0 Å². The largest absolute Gasteiger partial charge is 0.494 e. The summed E-state index contributed by atoms with van der Waals surface area (Å²) >= 11 is 0. The maximum absolute atomic E-state index is 5.63. The van der Waals surface area contributed by atoms with Gasteiger partial charge >= 0.3 is 0 Å². The molecule has 3 heteroatoms. The number of likely N-dealkylation sites (N-methyl/N-ethyl adjacent to an activating group) is 2. The Kier molecular flexibility index (Phi) is 8.31. The topological polar surface area (TPSA) is 24.5 Å². The van der Waals surface area contributed by atoms with Crippen LogP contribution in [0.25, 0.3) is 0 Å². The van der Waals surface area contributed by atoms with Crippen LogP contribution < -0.4 is 10.1 Å². The summed E-state index contributed by atoms with van der Waals surface area (Å²) < 4.78 is 5.63. The van der Waals surface area contributed by atoms with Gasteiger partial charge in [0.2, 0.25) is 0 Å². The van der Waals surface area contributed by atoms with Gasteiger partial charge in [-0.05, 0) is 51.2 Å². The molecule has 3 nitrogen and oxygen atoms in total. The zero-order valence-electron chi connectivity index (χ0n) is 13.5. The third-order valence-electron chi connectivity index (χ3n) is 3.49. The lowest BCUT2D eigenvalue weighted by atomic mass is 10.1. The van der Waals surface area contributed by atoms with Crippen LogP contribution >= 0.6 is 0 Å². The predicted octanol–water partition coefficient (Wildman–Crippen LogP) is 3.47. The van der Waals surface area contributed by atoms with Gasteiger partial charge in [-0.15, -0.1) is 0 Å². The Hall–Kier alpha value is -1.06. The lowest BCUT2D eigenvalue weighted by Crippen LogP contribution is -2.31. The maximum Gasteiger partial charge on any atom is 0.119 e. The molecule has 0 bridgehead atoms. The van der Waals surface area contributed by atoms with Crippen molar-refractivity contribution in [3.8, 4) is 5.75 Å². The van der Waals surface area contributed by atoms with Crippen molar-refractivity contribution in [1.29, 1.82) is 0 Å². The summed E-state index contributed by atoms with van der Waals surface area (Å²) in [6.07, 6.45) is 3.55. The predicted molar refractivity (Wildman–Crippen MR) is 86.4 cm³/mol. The van der Waals surface area contributed by atoms with E-state index in [1.165, 1.54) is 18.4 Å². The fourth-order valence-corrected chi connectivity index (χ4v) is 2.21. The highest BCUT2D eigenvalue weighted by atomic mass is 16.5. The van der Waals surface area contributed by atoms with Crippen molar-refractivity contribution in [2.24, 2.45) is 0 Å². The molecule has 0 radical (unpaired) electrons. The normalized spacial score (nSPS) is 12.7. The van der Waals surface area contributed by atoms with Gasteiger partial charge in [0.1, 0.15) is 5.75 Å². The van der Waals surface area contributed by atoms with Gasteiger partial charge in [0.25, 0.3) is 0 Å². The van der Waals surface area contributed by atoms with Gasteiger partial charge in [0, 0.05) is 12.6 Å². The lowest BCUT2D eigenvalue weighted by molar-refractivity contribution is 0.292. The van der Waals surface area contributed by atoms with E-state index in [1.807, 2.05) is 7.05 Å². The quantitative estimate of drug-likeness (QED) is 0.709. The van der Waals surface area contributed by atoms with E-state index in [0.29, 0.717) is 6.04 Å². The van der Waals surface area contributed by atoms with E-state index >= 15 is 0 Å². The number of hydrogen-bond donors (Lipinski definition) is 1. The molecule has 114 valence electrons. The third kappa shape index (κ3) is 5.93. The number of unbranched alkanes of at least 4 members (excludes halogenated alkanes) is 1. The first-order valence-corrected chi connectivity index (χ1v) is 7.79. The number of rotatable bonds is 10. The Morgan fingerprint density at radius 2 is 1.85 bits per heavy atom. The average molecular weight is 278 g/mol. The molecule has 1 aromatic carbocycles. The van der Waals surface area contributed by atoms with Gasteiger partial charge in [-0.1, -0.05) is 32.4 Å². The van der Waals surface area contributed by atoms with Crippen LogP contribution in [-0.2, 0) is 0 Å². The first-order chi connectivity index (χ1) is 9.71. The molecule has 0 saturated heterocycles. The van der Waals surface area contributed by atoms with Crippen molar-refractivity contribution in [3.05, 3.63) is 29.8 Å². The molecule has 0 aliphatic rings. The Balaban J connectivity index is 2.55. The van der Waals surface area contributed by atoms with E-state index in [4.69, 9.17) is 4.74 Å². The van der Waals surface area contributed by atoms with Crippen molar-refractivity contribution >= 4 is 0 Å².